The van der Waals surface area contributed by atoms with E-state index >= 15 is 0 Å². The van der Waals surface area contributed by atoms with Crippen LogP contribution in [-0.4, -0.2) is 46.8 Å². The van der Waals surface area contributed by atoms with Crippen LogP contribution in [-0.2, 0) is 16.1 Å². The van der Waals surface area contributed by atoms with Crippen molar-refractivity contribution < 1.29 is 19.1 Å². The van der Waals surface area contributed by atoms with Crippen LogP contribution in [0, 0.1) is 25.7 Å². The second kappa shape index (κ2) is 10.6. The van der Waals surface area contributed by atoms with Crippen LogP contribution >= 0.6 is 0 Å². The van der Waals surface area contributed by atoms with E-state index in [1.165, 1.54) is 7.11 Å². The lowest BCUT2D eigenvalue weighted by Crippen LogP contribution is -2.44. The molecule has 6 nitrogen and oxygen atoms in total. The van der Waals surface area contributed by atoms with Crippen molar-refractivity contribution in [3.8, 4) is 0 Å². The Labute approximate surface area is 175 Å². The number of carbonyl (C=O) groups excluding carboxylic acids is 3. The van der Waals surface area contributed by atoms with Gasteiger partial charge in [0.2, 0.25) is 5.91 Å². The van der Waals surface area contributed by atoms with Gasteiger partial charge in [0, 0.05) is 30.8 Å². The van der Waals surface area contributed by atoms with Crippen molar-refractivity contribution in [3.05, 3.63) is 22.5 Å². The highest BCUT2D eigenvalue weighted by molar-refractivity contribution is 6.06. The third kappa shape index (κ3) is 5.71. The number of hydrogen-bond donors (Lipinski definition) is 0. The van der Waals surface area contributed by atoms with Crippen LogP contribution in [0.4, 0.5) is 0 Å². The molecule has 0 fully saturated rings. The van der Waals surface area contributed by atoms with Gasteiger partial charge in [-0.15, -0.1) is 0 Å². The Kier molecular flexibility index (Phi) is 9.12. The number of nitrogens with zero attached hydrogens (tertiary/aromatic N) is 2. The molecule has 164 valence electrons. The molecule has 0 aromatic carbocycles. The molecular formula is C23H38N2O4. The van der Waals surface area contributed by atoms with E-state index in [1.807, 2.05) is 32.3 Å². The summed E-state index contributed by atoms with van der Waals surface area (Å²) in [5.74, 6) is 0.0778. The van der Waals surface area contributed by atoms with Crippen LogP contribution in [0.15, 0.2) is 0 Å². The number of ether oxygens (including phenoxy) is 1. The van der Waals surface area contributed by atoms with Crippen molar-refractivity contribution in [1.82, 2.24) is 9.47 Å². The van der Waals surface area contributed by atoms with Crippen LogP contribution < -0.4 is 0 Å². The Balaban J connectivity index is 3.36. The predicted molar refractivity (Wildman–Crippen MR) is 115 cm³/mol. The van der Waals surface area contributed by atoms with E-state index in [-0.39, 0.29) is 17.6 Å². The number of esters is 1. The van der Waals surface area contributed by atoms with Crippen LogP contribution in [0.1, 0.15) is 86.5 Å². The summed E-state index contributed by atoms with van der Waals surface area (Å²) in [6.07, 6.45) is 1.25. The number of amides is 1. The standard InChI is InChI=1S/C23H38N2O4/c1-10-24-17(7)20(16(6)21(24)23(28)29-9)22(27)18(8)25(12-11-14(2)3)19(26)13-15(4)5/h14-15,18H,10-13H2,1-9H3. The van der Waals surface area contributed by atoms with Crippen LogP contribution in [0.3, 0.4) is 0 Å². The number of methoxy groups -OCH3 is 1. The SMILES string of the molecule is CCn1c(C)c(C(=O)C(C)N(CCC(C)C)C(=O)CC(C)C)c(C)c1C(=O)OC. The highest BCUT2D eigenvalue weighted by Gasteiger charge is 2.32. The highest BCUT2D eigenvalue weighted by Crippen LogP contribution is 2.26. The third-order valence-corrected chi connectivity index (χ3v) is 5.41. The summed E-state index contributed by atoms with van der Waals surface area (Å²) in [5.41, 5.74) is 2.28. The van der Waals surface area contributed by atoms with Crippen molar-refractivity contribution in [1.29, 1.82) is 0 Å². The Morgan fingerprint density at radius 1 is 1.03 bits per heavy atom. The fraction of sp³-hybridized carbons (Fsp3) is 0.696. The average Bonchev–Trinajstić information content (AvgIpc) is 2.89. The fourth-order valence-corrected chi connectivity index (χ4v) is 3.76. The minimum atomic E-state index is -0.587. The second-order valence-electron chi connectivity index (χ2n) is 8.58. The zero-order valence-corrected chi connectivity index (χ0v) is 19.6. The largest absolute Gasteiger partial charge is 0.464 e. The van der Waals surface area contributed by atoms with E-state index in [0.29, 0.717) is 42.2 Å². The molecule has 1 heterocycles. The number of ketones is 1. The molecule has 1 unspecified atom stereocenters. The summed E-state index contributed by atoms with van der Waals surface area (Å²) in [7, 11) is 1.34. The van der Waals surface area contributed by atoms with Crippen molar-refractivity contribution >= 4 is 17.7 Å². The van der Waals surface area contributed by atoms with Gasteiger partial charge in [-0.3, -0.25) is 9.59 Å². The Hall–Kier alpha value is -2.11. The van der Waals surface area contributed by atoms with E-state index in [0.717, 1.165) is 12.1 Å². The molecule has 1 aromatic heterocycles. The lowest BCUT2D eigenvalue weighted by molar-refractivity contribution is -0.133. The number of carbonyl (C=O) groups is 3. The molecule has 0 saturated heterocycles. The number of hydrogen-bond acceptors (Lipinski definition) is 4. The molecule has 1 aromatic rings. The maximum absolute atomic E-state index is 13.5. The molecule has 0 radical (unpaired) electrons. The second-order valence-corrected chi connectivity index (χ2v) is 8.58. The van der Waals surface area contributed by atoms with Gasteiger partial charge in [0.15, 0.2) is 5.78 Å². The predicted octanol–water partition coefficient (Wildman–Crippen LogP) is 4.40. The number of Topliss-reactive ketones (excluding diaryl/α,β-unsaturated/α-hetero) is 1. The summed E-state index contributed by atoms with van der Waals surface area (Å²) in [6.45, 7) is 16.7. The Morgan fingerprint density at radius 2 is 1.62 bits per heavy atom. The quantitative estimate of drug-likeness (QED) is 0.426. The van der Waals surface area contributed by atoms with E-state index in [2.05, 4.69) is 13.8 Å². The van der Waals surface area contributed by atoms with Crippen molar-refractivity contribution in [2.24, 2.45) is 11.8 Å². The van der Waals surface area contributed by atoms with E-state index < -0.39 is 12.0 Å². The van der Waals surface area contributed by atoms with Gasteiger partial charge in [0.25, 0.3) is 0 Å². The topological polar surface area (TPSA) is 68.6 Å². The van der Waals surface area contributed by atoms with Gasteiger partial charge < -0.3 is 14.2 Å². The zero-order chi connectivity index (χ0) is 22.5. The molecular weight excluding hydrogens is 368 g/mol. The lowest BCUT2D eigenvalue weighted by Gasteiger charge is -2.30. The van der Waals surface area contributed by atoms with Crippen LogP contribution in [0.5, 0.6) is 0 Å². The number of aromatic nitrogens is 1. The smallest absolute Gasteiger partial charge is 0.354 e. The van der Waals surface area contributed by atoms with E-state index in [4.69, 9.17) is 4.74 Å². The van der Waals surface area contributed by atoms with Gasteiger partial charge in [-0.25, -0.2) is 4.79 Å². The molecule has 6 heteroatoms. The van der Waals surface area contributed by atoms with E-state index in [9.17, 15) is 14.4 Å². The van der Waals surface area contributed by atoms with Gasteiger partial charge in [0.1, 0.15) is 5.69 Å². The van der Waals surface area contributed by atoms with Crippen molar-refractivity contribution in [2.45, 2.75) is 80.8 Å². The minimum absolute atomic E-state index is 0.0000725. The van der Waals surface area contributed by atoms with Crippen molar-refractivity contribution in [2.75, 3.05) is 13.7 Å². The maximum Gasteiger partial charge on any atom is 0.354 e. The summed E-state index contributed by atoms with van der Waals surface area (Å²) in [5, 5.41) is 0. The first kappa shape index (κ1) is 24.9. The highest BCUT2D eigenvalue weighted by atomic mass is 16.5. The van der Waals surface area contributed by atoms with Gasteiger partial charge in [-0.1, -0.05) is 27.7 Å². The molecule has 1 rings (SSSR count). The molecule has 1 atom stereocenters. The molecule has 0 spiro atoms. The zero-order valence-electron chi connectivity index (χ0n) is 19.6. The van der Waals surface area contributed by atoms with Gasteiger partial charge >= 0.3 is 5.97 Å². The molecule has 29 heavy (non-hydrogen) atoms. The van der Waals surface area contributed by atoms with Gasteiger partial charge in [-0.05, 0) is 51.5 Å². The van der Waals surface area contributed by atoms with Crippen LogP contribution in [0.25, 0.3) is 0 Å². The summed E-state index contributed by atoms with van der Waals surface area (Å²) in [4.78, 5) is 40.4. The average molecular weight is 407 g/mol. The summed E-state index contributed by atoms with van der Waals surface area (Å²) < 4.78 is 6.74. The fourth-order valence-electron chi connectivity index (χ4n) is 3.76. The lowest BCUT2D eigenvalue weighted by atomic mass is 9.98. The molecule has 0 aliphatic carbocycles. The van der Waals surface area contributed by atoms with Crippen LogP contribution in [0.2, 0.25) is 0 Å². The first-order chi connectivity index (χ1) is 13.5. The molecule has 0 saturated carbocycles. The molecule has 0 aliphatic rings. The Bertz CT molecular complexity index is 747. The summed E-state index contributed by atoms with van der Waals surface area (Å²) in [6, 6.07) is -0.587. The summed E-state index contributed by atoms with van der Waals surface area (Å²) >= 11 is 0. The molecule has 0 bridgehead atoms. The third-order valence-electron chi connectivity index (χ3n) is 5.41. The molecule has 0 aliphatic heterocycles. The molecule has 0 N–H and O–H groups in total. The van der Waals surface area contributed by atoms with Crippen molar-refractivity contribution in [3.63, 3.8) is 0 Å². The van der Waals surface area contributed by atoms with Gasteiger partial charge in [-0.2, -0.15) is 0 Å². The maximum atomic E-state index is 13.5. The minimum Gasteiger partial charge on any atom is -0.464 e. The number of rotatable bonds is 10. The monoisotopic (exact) mass is 406 g/mol. The van der Waals surface area contributed by atoms with E-state index in [1.54, 1.807) is 18.7 Å². The van der Waals surface area contributed by atoms with Gasteiger partial charge in [0.05, 0.1) is 13.2 Å². The first-order valence-corrected chi connectivity index (χ1v) is 10.6. The normalized spacial score (nSPS) is 12.4. The first-order valence-electron chi connectivity index (χ1n) is 10.6. The Morgan fingerprint density at radius 3 is 2.07 bits per heavy atom. The molecule has 1 amide bonds.